The summed E-state index contributed by atoms with van der Waals surface area (Å²) < 4.78 is 1.17. The Labute approximate surface area is 125 Å². The first kappa shape index (κ1) is 12.7. The summed E-state index contributed by atoms with van der Waals surface area (Å²) in [6.45, 7) is 2.07. The van der Waals surface area contributed by atoms with E-state index < -0.39 is 0 Å². The van der Waals surface area contributed by atoms with Crippen molar-refractivity contribution in [3.63, 3.8) is 0 Å². The van der Waals surface area contributed by atoms with Crippen molar-refractivity contribution >= 4 is 55.6 Å². The van der Waals surface area contributed by atoms with E-state index in [1.807, 2.05) is 12.1 Å². The molecule has 1 N–H and O–H groups in total. The van der Waals surface area contributed by atoms with Gasteiger partial charge in [0.2, 0.25) is 0 Å². The van der Waals surface area contributed by atoms with Crippen LogP contribution >= 0.6 is 34.5 Å². The molecule has 0 saturated carbocycles. The molecule has 3 aromatic rings. The molecule has 0 aliphatic rings. The summed E-state index contributed by atoms with van der Waals surface area (Å²) in [6, 6.07) is 11.7. The Kier molecular flexibility index (Phi) is 3.35. The van der Waals surface area contributed by atoms with Crippen LogP contribution in [0.3, 0.4) is 0 Å². The molecular formula is C14H10Cl2N2S. The highest BCUT2D eigenvalue weighted by Crippen LogP contribution is 2.31. The number of nitrogens with one attached hydrogen (secondary N) is 1. The Hall–Kier alpha value is -1.29. The van der Waals surface area contributed by atoms with Gasteiger partial charge in [-0.2, -0.15) is 0 Å². The Morgan fingerprint density at radius 2 is 1.89 bits per heavy atom. The predicted octanol–water partition coefficient (Wildman–Crippen LogP) is 5.66. The van der Waals surface area contributed by atoms with Crippen LogP contribution in [0.1, 0.15) is 5.56 Å². The summed E-state index contributed by atoms with van der Waals surface area (Å²) in [6.07, 6.45) is 0. The van der Waals surface area contributed by atoms with Crippen LogP contribution in [-0.4, -0.2) is 4.98 Å². The van der Waals surface area contributed by atoms with Crippen molar-refractivity contribution < 1.29 is 0 Å². The third kappa shape index (κ3) is 2.68. The highest BCUT2D eigenvalue weighted by atomic mass is 35.5. The average molecular weight is 309 g/mol. The van der Waals surface area contributed by atoms with Gasteiger partial charge in [0.05, 0.1) is 20.3 Å². The zero-order valence-electron chi connectivity index (χ0n) is 10.1. The summed E-state index contributed by atoms with van der Waals surface area (Å²) in [5.74, 6) is 0. The van der Waals surface area contributed by atoms with E-state index in [9.17, 15) is 0 Å². The summed E-state index contributed by atoms with van der Waals surface area (Å²) in [5.41, 5.74) is 3.11. The van der Waals surface area contributed by atoms with Gasteiger partial charge >= 0.3 is 0 Å². The van der Waals surface area contributed by atoms with Crippen molar-refractivity contribution in [3.8, 4) is 0 Å². The fraction of sp³-hybridized carbons (Fsp3) is 0.0714. The van der Waals surface area contributed by atoms with Crippen molar-refractivity contribution in [2.24, 2.45) is 0 Å². The summed E-state index contributed by atoms with van der Waals surface area (Å²) in [4.78, 5) is 4.53. The Bertz CT molecular complexity index is 752. The van der Waals surface area contributed by atoms with Crippen molar-refractivity contribution in [2.75, 3.05) is 5.32 Å². The molecule has 0 atom stereocenters. The van der Waals surface area contributed by atoms with E-state index in [0.717, 1.165) is 16.3 Å². The van der Waals surface area contributed by atoms with Crippen LogP contribution in [0.4, 0.5) is 10.8 Å². The van der Waals surface area contributed by atoms with Crippen molar-refractivity contribution in [2.45, 2.75) is 6.92 Å². The highest BCUT2D eigenvalue weighted by molar-refractivity contribution is 7.22. The van der Waals surface area contributed by atoms with E-state index in [1.165, 1.54) is 10.3 Å². The van der Waals surface area contributed by atoms with Gasteiger partial charge < -0.3 is 5.32 Å². The zero-order valence-corrected chi connectivity index (χ0v) is 12.4. The number of benzene rings is 2. The molecule has 0 radical (unpaired) electrons. The number of fused-ring (bicyclic) bond motifs is 1. The topological polar surface area (TPSA) is 24.9 Å². The second-order valence-electron chi connectivity index (χ2n) is 4.24. The van der Waals surface area contributed by atoms with E-state index in [0.29, 0.717) is 10.0 Å². The molecular weight excluding hydrogens is 299 g/mol. The van der Waals surface area contributed by atoms with Gasteiger partial charge in [0.1, 0.15) is 0 Å². The van der Waals surface area contributed by atoms with Gasteiger partial charge in [-0.1, -0.05) is 40.6 Å². The molecule has 0 aliphatic heterocycles. The summed E-state index contributed by atoms with van der Waals surface area (Å²) >= 11 is 13.5. The number of hydrogen-bond acceptors (Lipinski definition) is 3. The van der Waals surface area contributed by atoms with Crippen LogP contribution in [0.5, 0.6) is 0 Å². The van der Waals surface area contributed by atoms with E-state index >= 15 is 0 Å². The molecule has 1 heterocycles. The maximum absolute atomic E-state index is 5.99. The number of thiazole rings is 1. The second kappa shape index (κ2) is 5.00. The first-order valence-electron chi connectivity index (χ1n) is 5.71. The van der Waals surface area contributed by atoms with E-state index in [4.69, 9.17) is 23.2 Å². The molecule has 3 rings (SSSR count). The van der Waals surface area contributed by atoms with Crippen LogP contribution in [-0.2, 0) is 0 Å². The first-order valence-corrected chi connectivity index (χ1v) is 7.28. The van der Waals surface area contributed by atoms with Gasteiger partial charge in [0.25, 0.3) is 0 Å². The van der Waals surface area contributed by atoms with Gasteiger partial charge in [-0.25, -0.2) is 4.98 Å². The highest BCUT2D eigenvalue weighted by Gasteiger charge is 2.05. The Morgan fingerprint density at radius 1 is 1.05 bits per heavy atom. The fourth-order valence-corrected chi connectivity index (χ4v) is 3.07. The Morgan fingerprint density at radius 3 is 2.68 bits per heavy atom. The van der Waals surface area contributed by atoms with E-state index in [-0.39, 0.29) is 0 Å². The summed E-state index contributed by atoms with van der Waals surface area (Å²) in [5, 5.41) is 5.17. The molecule has 19 heavy (non-hydrogen) atoms. The number of aromatic nitrogens is 1. The van der Waals surface area contributed by atoms with Crippen LogP contribution < -0.4 is 5.32 Å². The lowest BCUT2D eigenvalue weighted by Gasteiger charge is -2.03. The third-order valence-corrected chi connectivity index (χ3v) is 4.39. The smallest absolute Gasteiger partial charge is 0.188 e. The molecule has 0 aliphatic carbocycles. The van der Waals surface area contributed by atoms with E-state index in [1.54, 1.807) is 23.5 Å². The van der Waals surface area contributed by atoms with E-state index in [2.05, 4.69) is 29.4 Å². The van der Waals surface area contributed by atoms with Crippen molar-refractivity contribution in [1.29, 1.82) is 0 Å². The second-order valence-corrected chi connectivity index (χ2v) is 6.09. The van der Waals surface area contributed by atoms with Crippen LogP contribution in [0.25, 0.3) is 10.2 Å². The minimum Gasteiger partial charge on any atom is -0.331 e. The third-order valence-electron chi connectivity index (χ3n) is 2.71. The number of rotatable bonds is 2. The SMILES string of the molecule is Cc1ccc2nc(Nc3ccc(Cl)c(Cl)c3)sc2c1. The molecule has 0 fully saturated rings. The lowest BCUT2D eigenvalue weighted by atomic mass is 10.2. The van der Waals surface area contributed by atoms with Crippen LogP contribution in [0.2, 0.25) is 10.0 Å². The number of nitrogens with zero attached hydrogens (tertiary/aromatic N) is 1. The predicted molar refractivity (Wildman–Crippen MR) is 84.1 cm³/mol. The van der Waals surface area contributed by atoms with Crippen molar-refractivity contribution in [1.82, 2.24) is 4.98 Å². The molecule has 2 nitrogen and oxygen atoms in total. The molecule has 0 amide bonds. The molecule has 0 spiro atoms. The van der Waals surface area contributed by atoms with Gasteiger partial charge in [-0.05, 0) is 42.8 Å². The molecule has 5 heteroatoms. The number of anilines is 2. The molecule has 1 aromatic heterocycles. The lowest BCUT2D eigenvalue weighted by Crippen LogP contribution is -1.88. The standard InChI is InChI=1S/C14H10Cl2N2S/c1-8-2-5-12-13(6-8)19-14(18-12)17-9-3-4-10(15)11(16)7-9/h2-7H,1H3,(H,17,18). The molecule has 2 aromatic carbocycles. The first-order chi connectivity index (χ1) is 9.11. The molecule has 0 bridgehead atoms. The maximum atomic E-state index is 5.99. The van der Waals surface area contributed by atoms with Crippen molar-refractivity contribution in [3.05, 3.63) is 52.0 Å². The minimum atomic E-state index is 0.531. The number of hydrogen-bond donors (Lipinski definition) is 1. The normalized spacial score (nSPS) is 10.9. The molecule has 0 saturated heterocycles. The van der Waals surface area contributed by atoms with Gasteiger partial charge in [0.15, 0.2) is 5.13 Å². The van der Waals surface area contributed by atoms with Crippen LogP contribution in [0.15, 0.2) is 36.4 Å². The molecule has 0 unspecified atom stereocenters. The quantitative estimate of drug-likeness (QED) is 0.661. The largest absolute Gasteiger partial charge is 0.331 e. The lowest BCUT2D eigenvalue weighted by molar-refractivity contribution is 1.43. The van der Waals surface area contributed by atoms with Gasteiger partial charge in [-0.3, -0.25) is 0 Å². The molecule has 96 valence electrons. The number of aryl methyl sites for hydroxylation is 1. The summed E-state index contributed by atoms with van der Waals surface area (Å²) in [7, 11) is 0. The Balaban J connectivity index is 1.94. The van der Waals surface area contributed by atoms with Gasteiger partial charge in [0, 0.05) is 5.69 Å². The van der Waals surface area contributed by atoms with Crippen LogP contribution in [0, 0.1) is 6.92 Å². The van der Waals surface area contributed by atoms with Gasteiger partial charge in [-0.15, -0.1) is 0 Å². The maximum Gasteiger partial charge on any atom is 0.188 e. The average Bonchev–Trinajstić information content (AvgIpc) is 2.75. The minimum absolute atomic E-state index is 0.531. The number of halogens is 2. The fourth-order valence-electron chi connectivity index (χ4n) is 1.78. The zero-order chi connectivity index (χ0) is 13.4. The monoisotopic (exact) mass is 308 g/mol.